The zero-order chi connectivity index (χ0) is 16.2. The average molecular weight is 306 g/mol. The molecule has 2 amide bonds. The summed E-state index contributed by atoms with van der Waals surface area (Å²) in [6, 6.07) is 7.55. The highest BCUT2D eigenvalue weighted by Gasteiger charge is 2.40. The zero-order valence-electron chi connectivity index (χ0n) is 12.7. The van der Waals surface area contributed by atoms with Crippen LogP contribution in [0.5, 0.6) is 5.75 Å². The number of likely N-dealkylation sites (tertiary alicyclic amines) is 1. The van der Waals surface area contributed by atoms with Crippen LogP contribution in [0.2, 0.25) is 0 Å². The first kappa shape index (κ1) is 16.3. The third kappa shape index (κ3) is 3.57. The molecular weight excluding hydrogens is 284 g/mol. The molecule has 120 valence electrons. The Morgan fingerprint density at radius 3 is 2.82 bits per heavy atom. The lowest BCUT2D eigenvalue weighted by molar-refractivity contribution is -0.150. The average Bonchev–Trinajstić information content (AvgIpc) is 2.52. The van der Waals surface area contributed by atoms with Gasteiger partial charge < -0.3 is 20.5 Å². The van der Waals surface area contributed by atoms with Gasteiger partial charge in [-0.1, -0.05) is 25.1 Å². The summed E-state index contributed by atoms with van der Waals surface area (Å²) in [4.78, 5) is 25.0. The highest BCUT2D eigenvalue weighted by molar-refractivity contribution is 5.85. The topological polar surface area (TPSA) is 92.9 Å². The number of nitrogens with two attached hydrogens (primary N) is 1. The number of para-hydroxylation sites is 1. The predicted molar refractivity (Wildman–Crippen MR) is 81.3 cm³/mol. The van der Waals surface area contributed by atoms with Crippen molar-refractivity contribution in [2.24, 2.45) is 5.73 Å². The van der Waals surface area contributed by atoms with E-state index in [1.807, 2.05) is 31.2 Å². The van der Waals surface area contributed by atoms with Crippen LogP contribution in [0.4, 0.5) is 0 Å². The van der Waals surface area contributed by atoms with Crippen molar-refractivity contribution in [1.82, 2.24) is 4.90 Å². The fraction of sp³-hybridized carbons (Fsp3) is 0.500. The number of rotatable bonds is 5. The van der Waals surface area contributed by atoms with E-state index in [4.69, 9.17) is 10.5 Å². The number of ether oxygens (including phenoxy) is 1. The highest BCUT2D eigenvalue weighted by atomic mass is 16.5. The van der Waals surface area contributed by atoms with Gasteiger partial charge in [-0.2, -0.15) is 0 Å². The largest absolute Gasteiger partial charge is 0.483 e. The van der Waals surface area contributed by atoms with Crippen LogP contribution >= 0.6 is 0 Å². The molecule has 0 saturated carbocycles. The van der Waals surface area contributed by atoms with Gasteiger partial charge in [0.2, 0.25) is 0 Å². The molecule has 1 aromatic carbocycles. The van der Waals surface area contributed by atoms with Crippen molar-refractivity contribution in [3.8, 4) is 5.75 Å². The Morgan fingerprint density at radius 1 is 1.41 bits per heavy atom. The van der Waals surface area contributed by atoms with Crippen LogP contribution in [0.15, 0.2) is 24.3 Å². The summed E-state index contributed by atoms with van der Waals surface area (Å²) < 4.78 is 5.58. The van der Waals surface area contributed by atoms with Gasteiger partial charge in [-0.15, -0.1) is 0 Å². The number of piperidine rings is 1. The Morgan fingerprint density at radius 2 is 2.14 bits per heavy atom. The fourth-order valence-corrected chi connectivity index (χ4v) is 2.62. The van der Waals surface area contributed by atoms with Gasteiger partial charge in [-0.05, 0) is 30.9 Å². The number of amides is 2. The van der Waals surface area contributed by atoms with E-state index >= 15 is 0 Å². The predicted octanol–water partition coefficient (Wildman–Crippen LogP) is 0.467. The third-order valence-electron chi connectivity index (χ3n) is 3.99. The number of benzene rings is 1. The number of aryl methyl sites for hydroxylation is 1. The molecule has 1 aliphatic heterocycles. The van der Waals surface area contributed by atoms with Gasteiger partial charge in [-0.3, -0.25) is 9.59 Å². The summed E-state index contributed by atoms with van der Waals surface area (Å²) in [5.74, 6) is -0.368. The Labute approximate surface area is 129 Å². The van der Waals surface area contributed by atoms with Crippen molar-refractivity contribution in [2.45, 2.75) is 31.8 Å². The normalized spacial score (nSPS) is 21.5. The summed E-state index contributed by atoms with van der Waals surface area (Å²) >= 11 is 0. The van der Waals surface area contributed by atoms with Crippen molar-refractivity contribution >= 4 is 11.8 Å². The lowest BCUT2D eigenvalue weighted by Gasteiger charge is -2.36. The maximum Gasteiger partial charge on any atom is 0.260 e. The number of aliphatic hydroxyl groups is 1. The van der Waals surface area contributed by atoms with Gasteiger partial charge in [-0.25, -0.2) is 0 Å². The first-order valence-electron chi connectivity index (χ1n) is 7.47. The van der Waals surface area contributed by atoms with Crippen molar-refractivity contribution < 1.29 is 19.4 Å². The Balaban J connectivity index is 1.96. The second-order valence-corrected chi connectivity index (χ2v) is 5.56. The van der Waals surface area contributed by atoms with E-state index in [0.717, 1.165) is 12.0 Å². The number of carbonyl (C=O) groups is 2. The number of β-amino-alcohol motifs (C(OH)–C–C–N with tert-alkyl or cyclic N) is 1. The lowest BCUT2D eigenvalue weighted by Crippen LogP contribution is -2.57. The van der Waals surface area contributed by atoms with E-state index in [-0.39, 0.29) is 25.5 Å². The first-order chi connectivity index (χ1) is 10.5. The summed E-state index contributed by atoms with van der Waals surface area (Å²) in [6.07, 6.45) is 1.64. The minimum atomic E-state index is -1.63. The molecule has 0 bridgehead atoms. The minimum Gasteiger partial charge on any atom is -0.483 e. The van der Waals surface area contributed by atoms with E-state index in [9.17, 15) is 14.7 Å². The van der Waals surface area contributed by atoms with Gasteiger partial charge in [0.1, 0.15) is 5.75 Å². The second-order valence-electron chi connectivity index (χ2n) is 5.56. The number of primary amides is 1. The van der Waals surface area contributed by atoms with Crippen molar-refractivity contribution in [1.29, 1.82) is 0 Å². The molecule has 6 heteroatoms. The van der Waals surface area contributed by atoms with Gasteiger partial charge >= 0.3 is 0 Å². The Bertz CT molecular complexity index is 561. The summed E-state index contributed by atoms with van der Waals surface area (Å²) in [5, 5.41) is 10.1. The molecule has 3 N–H and O–H groups in total. The molecule has 0 radical (unpaired) electrons. The van der Waals surface area contributed by atoms with Crippen LogP contribution in [0.3, 0.4) is 0 Å². The van der Waals surface area contributed by atoms with E-state index < -0.39 is 11.5 Å². The number of hydrogen-bond donors (Lipinski definition) is 2. The molecule has 0 aliphatic carbocycles. The molecule has 0 unspecified atom stereocenters. The van der Waals surface area contributed by atoms with E-state index in [1.54, 1.807) is 0 Å². The van der Waals surface area contributed by atoms with Gasteiger partial charge in [0.15, 0.2) is 12.2 Å². The van der Waals surface area contributed by atoms with Crippen LogP contribution in [-0.4, -0.2) is 47.1 Å². The maximum atomic E-state index is 12.2. The van der Waals surface area contributed by atoms with Crippen molar-refractivity contribution in [2.75, 3.05) is 19.7 Å². The monoisotopic (exact) mass is 306 g/mol. The third-order valence-corrected chi connectivity index (χ3v) is 3.99. The SMILES string of the molecule is CCc1ccccc1OCC(=O)N1CCC[C@](O)(C(N)=O)C1. The highest BCUT2D eigenvalue weighted by Crippen LogP contribution is 2.22. The van der Waals surface area contributed by atoms with Crippen LogP contribution in [0.1, 0.15) is 25.3 Å². The summed E-state index contributed by atoms with van der Waals surface area (Å²) in [7, 11) is 0. The van der Waals surface area contributed by atoms with Gasteiger partial charge in [0.05, 0.1) is 6.54 Å². The van der Waals surface area contributed by atoms with Crippen molar-refractivity contribution in [3.05, 3.63) is 29.8 Å². The van der Waals surface area contributed by atoms with E-state index in [2.05, 4.69) is 0 Å². The smallest absolute Gasteiger partial charge is 0.260 e. The van der Waals surface area contributed by atoms with Gasteiger partial charge in [0, 0.05) is 6.54 Å². The molecular formula is C16H22N2O4. The fourth-order valence-electron chi connectivity index (χ4n) is 2.62. The van der Waals surface area contributed by atoms with Crippen LogP contribution < -0.4 is 10.5 Å². The quantitative estimate of drug-likeness (QED) is 0.827. The maximum absolute atomic E-state index is 12.2. The first-order valence-corrected chi connectivity index (χ1v) is 7.47. The lowest BCUT2D eigenvalue weighted by atomic mass is 9.92. The number of hydrogen-bond acceptors (Lipinski definition) is 4. The van der Waals surface area contributed by atoms with E-state index in [1.165, 1.54) is 4.90 Å². The molecule has 6 nitrogen and oxygen atoms in total. The molecule has 1 heterocycles. The van der Waals surface area contributed by atoms with Crippen LogP contribution in [0, 0.1) is 0 Å². The molecule has 0 spiro atoms. The summed E-state index contributed by atoms with van der Waals surface area (Å²) in [6.45, 7) is 2.32. The molecule has 1 aromatic rings. The Kier molecular flexibility index (Phi) is 5.03. The molecule has 1 fully saturated rings. The summed E-state index contributed by atoms with van der Waals surface area (Å²) in [5.41, 5.74) is 4.61. The molecule has 2 rings (SSSR count). The van der Waals surface area contributed by atoms with Gasteiger partial charge in [0.25, 0.3) is 11.8 Å². The number of carbonyl (C=O) groups excluding carboxylic acids is 2. The standard InChI is InChI=1S/C16H22N2O4/c1-2-12-6-3-4-7-13(12)22-10-14(19)18-9-5-8-16(21,11-18)15(17)20/h3-4,6-7,21H,2,5,8-11H2,1H3,(H2,17,20)/t16-/m1/s1. The molecule has 1 saturated heterocycles. The molecule has 1 atom stereocenters. The minimum absolute atomic E-state index is 0.0695. The van der Waals surface area contributed by atoms with Crippen molar-refractivity contribution in [3.63, 3.8) is 0 Å². The molecule has 1 aliphatic rings. The molecule has 0 aromatic heterocycles. The van der Waals surface area contributed by atoms with Crippen LogP contribution in [-0.2, 0) is 16.0 Å². The number of nitrogens with zero attached hydrogens (tertiary/aromatic N) is 1. The van der Waals surface area contributed by atoms with E-state index in [0.29, 0.717) is 18.7 Å². The molecule has 22 heavy (non-hydrogen) atoms. The van der Waals surface area contributed by atoms with Crippen LogP contribution in [0.25, 0.3) is 0 Å². The second kappa shape index (κ2) is 6.79. The zero-order valence-corrected chi connectivity index (χ0v) is 12.7. The Hall–Kier alpha value is -2.08.